The summed E-state index contributed by atoms with van der Waals surface area (Å²) in [5.41, 5.74) is 10.0. The average Bonchev–Trinajstić information content (AvgIpc) is 3.46. The van der Waals surface area contributed by atoms with E-state index in [9.17, 15) is 0 Å². The molecule has 0 amide bonds. The molecule has 0 bridgehead atoms. The number of anilines is 1. The maximum atomic E-state index is 6.66. The summed E-state index contributed by atoms with van der Waals surface area (Å²) < 4.78 is 11.3. The van der Waals surface area contributed by atoms with E-state index in [2.05, 4.69) is 127 Å². The number of para-hydroxylation sites is 2. The van der Waals surface area contributed by atoms with Gasteiger partial charge in [0.15, 0.2) is 16.8 Å². The van der Waals surface area contributed by atoms with Crippen LogP contribution in [0, 0.1) is 13.8 Å². The predicted octanol–water partition coefficient (Wildman–Crippen LogP) is 7.11. The van der Waals surface area contributed by atoms with Crippen molar-refractivity contribution in [1.29, 1.82) is 0 Å². The summed E-state index contributed by atoms with van der Waals surface area (Å²) in [6.45, 7) is 10.9. The first-order chi connectivity index (χ1) is 19.8. The molecule has 7 rings (SSSR count). The number of aryl methyl sites for hydroxylation is 2. The van der Waals surface area contributed by atoms with E-state index in [1.807, 2.05) is 12.4 Å². The molecule has 1 atom stereocenters. The van der Waals surface area contributed by atoms with Gasteiger partial charge in [-0.15, -0.1) is 0 Å². The summed E-state index contributed by atoms with van der Waals surface area (Å²) in [6.07, 6.45) is 9.96. The number of fused-ring (bicyclic) bond motifs is 8. The van der Waals surface area contributed by atoms with E-state index in [-0.39, 0.29) is 6.17 Å². The fourth-order valence-electron chi connectivity index (χ4n) is 6.35. The minimum absolute atomic E-state index is 0.204. The number of benzene rings is 2. The Hall–Kier alpha value is -4.65. The third kappa shape index (κ3) is 3.61. The molecule has 0 spiro atoms. The SMILES string of the molecule is Cc1c(Oc2cnc3c4c(C(C)C)cccc4n4c5ccccc5[n+](C)c4c3c2C)cncc1N1C=CN(C)[C@H]1C. The number of hydrogen-bond donors (Lipinski definition) is 0. The van der Waals surface area contributed by atoms with Crippen LogP contribution in [0.4, 0.5) is 5.69 Å². The Bertz CT molecular complexity index is 2040. The van der Waals surface area contributed by atoms with Gasteiger partial charge in [0.2, 0.25) is 0 Å². The molecule has 0 N–H and O–H groups in total. The number of aromatic nitrogens is 4. The van der Waals surface area contributed by atoms with Crippen molar-refractivity contribution in [2.45, 2.75) is 46.7 Å². The van der Waals surface area contributed by atoms with Crippen LogP contribution in [0.15, 0.2) is 73.5 Å². The van der Waals surface area contributed by atoms with Crippen LogP contribution in [0.1, 0.15) is 43.4 Å². The largest absolute Gasteiger partial charge is 0.453 e. The van der Waals surface area contributed by atoms with Crippen molar-refractivity contribution in [3.05, 3.63) is 90.1 Å². The molecule has 41 heavy (non-hydrogen) atoms. The minimum Gasteiger partial charge on any atom is -0.453 e. The molecular weight excluding hydrogens is 508 g/mol. The van der Waals surface area contributed by atoms with Gasteiger partial charge < -0.3 is 14.5 Å². The molecule has 2 aromatic carbocycles. The number of imidazole rings is 1. The zero-order valence-corrected chi connectivity index (χ0v) is 24.7. The second-order valence-electron chi connectivity index (χ2n) is 11.5. The highest BCUT2D eigenvalue weighted by Gasteiger charge is 2.28. The average molecular weight is 544 g/mol. The van der Waals surface area contributed by atoms with Crippen LogP contribution in [0.5, 0.6) is 11.5 Å². The lowest BCUT2D eigenvalue weighted by atomic mass is 9.95. The van der Waals surface area contributed by atoms with Gasteiger partial charge in [-0.05, 0) is 50.5 Å². The Morgan fingerprint density at radius 1 is 0.878 bits per heavy atom. The zero-order chi connectivity index (χ0) is 28.6. The fraction of sp³-hybridized carbons (Fsp3) is 0.265. The van der Waals surface area contributed by atoms with Gasteiger partial charge in [-0.2, -0.15) is 4.40 Å². The third-order valence-corrected chi connectivity index (χ3v) is 8.80. The van der Waals surface area contributed by atoms with Gasteiger partial charge in [0, 0.05) is 30.6 Å². The van der Waals surface area contributed by atoms with Gasteiger partial charge in [0.05, 0.1) is 47.6 Å². The Morgan fingerprint density at radius 2 is 1.63 bits per heavy atom. The normalized spacial score (nSPS) is 15.5. The monoisotopic (exact) mass is 543 g/mol. The number of nitrogens with zero attached hydrogens (tertiary/aromatic N) is 6. The Kier molecular flexibility index (Phi) is 5.68. The molecule has 4 aromatic heterocycles. The van der Waals surface area contributed by atoms with E-state index in [0.29, 0.717) is 5.92 Å². The maximum absolute atomic E-state index is 6.66. The number of hydrogen-bond acceptors (Lipinski definition) is 5. The second-order valence-corrected chi connectivity index (χ2v) is 11.5. The quantitative estimate of drug-likeness (QED) is 0.175. The topological polar surface area (TPSA) is 49.8 Å². The zero-order valence-electron chi connectivity index (χ0n) is 24.7. The van der Waals surface area contributed by atoms with Crippen molar-refractivity contribution in [3.8, 4) is 11.5 Å². The van der Waals surface area contributed by atoms with E-state index < -0.39 is 0 Å². The highest BCUT2D eigenvalue weighted by molar-refractivity contribution is 6.13. The molecule has 1 aliphatic rings. The van der Waals surface area contributed by atoms with Crippen LogP contribution in [0.2, 0.25) is 0 Å². The second kappa shape index (κ2) is 9.20. The van der Waals surface area contributed by atoms with Crippen molar-refractivity contribution in [1.82, 2.24) is 19.3 Å². The first kappa shape index (κ1) is 25.3. The van der Waals surface area contributed by atoms with Crippen molar-refractivity contribution in [2.75, 3.05) is 11.9 Å². The summed E-state index contributed by atoms with van der Waals surface area (Å²) in [5, 5.41) is 2.29. The molecule has 0 unspecified atom stereocenters. The highest BCUT2D eigenvalue weighted by atomic mass is 16.5. The molecule has 5 heterocycles. The van der Waals surface area contributed by atoms with Gasteiger partial charge >= 0.3 is 0 Å². The minimum atomic E-state index is 0.204. The molecule has 7 nitrogen and oxygen atoms in total. The van der Waals surface area contributed by atoms with Gasteiger partial charge in [-0.1, -0.05) is 38.1 Å². The molecule has 206 valence electrons. The lowest BCUT2D eigenvalue weighted by Gasteiger charge is -2.28. The number of rotatable bonds is 4. The van der Waals surface area contributed by atoms with Crippen molar-refractivity contribution in [3.63, 3.8) is 0 Å². The smallest absolute Gasteiger partial charge is 0.297 e. The predicted molar refractivity (Wildman–Crippen MR) is 166 cm³/mol. The summed E-state index contributed by atoms with van der Waals surface area (Å²) in [5.74, 6) is 1.81. The lowest BCUT2D eigenvalue weighted by Crippen LogP contribution is -2.33. The molecule has 1 aliphatic heterocycles. The molecule has 7 heteroatoms. The summed E-state index contributed by atoms with van der Waals surface area (Å²) in [4.78, 5) is 14.1. The van der Waals surface area contributed by atoms with Crippen LogP contribution < -0.4 is 14.2 Å². The van der Waals surface area contributed by atoms with Gasteiger partial charge in [-0.25, -0.2) is 4.57 Å². The van der Waals surface area contributed by atoms with Crippen LogP contribution in [-0.2, 0) is 7.05 Å². The first-order valence-electron chi connectivity index (χ1n) is 14.2. The van der Waals surface area contributed by atoms with Gasteiger partial charge in [0.25, 0.3) is 5.65 Å². The van der Waals surface area contributed by atoms with E-state index in [4.69, 9.17) is 9.72 Å². The molecule has 0 aliphatic carbocycles. The summed E-state index contributed by atoms with van der Waals surface area (Å²) in [6, 6.07) is 15.2. The summed E-state index contributed by atoms with van der Waals surface area (Å²) >= 11 is 0. The molecule has 0 saturated heterocycles. The molecule has 0 fully saturated rings. The van der Waals surface area contributed by atoms with Crippen molar-refractivity contribution in [2.24, 2.45) is 7.05 Å². The van der Waals surface area contributed by atoms with Crippen LogP contribution >= 0.6 is 0 Å². The van der Waals surface area contributed by atoms with E-state index >= 15 is 0 Å². The lowest BCUT2D eigenvalue weighted by molar-refractivity contribution is -0.617. The Balaban J connectivity index is 1.50. The van der Waals surface area contributed by atoms with Crippen LogP contribution in [0.25, 0.3) is 38.5 Å². The van der Waals surface area contributed by atoms with E-state index in [1.165, 1.54) is 27.5 Å². The van der Waals surface area contributed by atoms with E-state index in [1.54, 1.807) is 6.20 Å². The third-order valence-electron chi connectivity index (χ3n) is 8.80. The van der Waals surface area contributed by atoms with Crippen molar-refractivity contribution < 1.29 is 9.30 Å². The van der Waals surface area contributed by atoms with Crippen molar-refractivity contribution >= 4 is 44.2 Å². The van der Waals surface area contributed by atoms with Gasteiger partial charge in [-0.3, -0.25) is 9.97 Å². The van der Waals surface area contributed by atoms with Crippen LogP contribution in [0.3, 0.4) is 0 Å². The Labute approximate surface area is 239 Å². The molecular formula is C34H35N6O+. The fourth-order valence-corrected chi connectivity index (χ4v) is 6.35. The Morgan fingerprint density at radius 3 is 2.39 bits per heavy atom. The molecule has 6 aromatic rings. The number of pyridine rings is 3. The standard InChI is InChI=1S/C34H35N6O/c1-20(2)24-11-10-14-27-32(24)33-31(34-38(7)25-12-8-9-13-26(25)40(27)34)22(4)30(19-36-33)41-29-18-35-17-28(21(29)3)39-16-15-37(6)23(39)5/h8-20,23H,1-7H3/q+1/t23-/m1/s1. The first-order valence-corrected chi connectivity index (χ1v) is 14.2. The summed E-state index contributed by atoms with van der Waals surface area (Å²) in [7, 11) is 4.22. The molecule has 0 radical (unpaired) electrons. The molecule has 0 saturated carbocycles. The maximum Gasteiger partial charge on any atom is 0.297 e. The van der Waals surface area contributed by atoms with Crippen LogP contribution in [-0.4, -0.2) is 32.5 Å². The number of ether oxygens (including phenoxy) is 1. The highest BCUT2D eigenvalue weighted by Crippen LogP contribution is 2.40. The van der Waals surface area contributed by atoms with Gasteiger partial charge in [0.1, 0.15) is 17.4 Å². The van der Waals surface area contributed by atoms with E-state index in [0.717, 1.165) is 44.9 Å².